The number of hydrogen-bond acceptors (Lipinski definition) is 10. The molecule has 0 unspecified atom stereocenters. The largest absolute Gasteiger partial charge is 0.462 e. The molecule has 0 saturated heterocycles. The number of anilines is 2. The Morgan fingerprint density at radius 1 is 1.34 bits per heavy atom. The second-order valence-electron chi connectivity index (χ2n) is 5.98. The first-order valence-corrected chi connectivity index (χ1v) is 9.54. The van der Waals surface area contributed by atoms with Crippen LogP contribution in [0.3, 0.4) is 0 Å². The van der Waals surface area contributed by atoms with Crippen LogP contribution in [-0.4, -0.2) is 30.0 Å². The van der Waals surface area contributed by atoms with Crippen molar-refractivity contribution in [2.24, 2.45) is 0 Å². The number of rotatable bonds is 8. The summed E-state index contributed by atoms with van der Waals surface area (Å²) in [5, 5.41) is 22.7. The lowest BCUT2D eigenvalue weighted by atomic mass is 10.1. The lowest BCUT2D eigenvalue weighted by molar-refractivity contribution is -0.384. The third-order valence-corrected chi connectivity index (χ3v) is 4.97. The number of benzene rings is 1. The lowest BCUT2D eigenvalue weighted by Gasteiger charge is -2.11. The summed E-state index contributed by atoms with van der Waals surface area (Å²) in [6.07, 6.45) is -4.78. The van der Waals surface area contributed by atoms with Gasteiger partial charge >= 0.3 is 18.1 Å². The zero-order valence-corrected chi connectivity index (χ0v) is 17.1. The van der Waals surface area contributed by atoms with Gasteiger partial charge < -0.3 is 20.5 Å². The first-order valence-electron chi connectivity index (χ1n) is 8.73. The molecule has 14 heteroatoms. The summed E-state index contributed by atoms with van der Waals surface area (Å²) in [5.41, 5.74) is 3.26. The maximum absolute atomic E-state index is 12.8. The van der Waals surface area contributed by atoms with Gasteiger partial charge in [0, 0.05) is 11.6 Å². The van der Waals surface area contributed by atoms with Gasteiger partial charge in [-0.3, -0.25) is 14.9 Å². The van der Waals surface area contributed by atoms with Crippen LogP contribution in [0.1, 0.15) is 33.3 Å². The van der Waals surface area contributed by atoms with Gasteiger partial charge in [0.2, 0.25) is 0 Å². The number of thiophene rings is 1. The average Bonchev–Trinajstić information content (AvgIpc) is 3.05. The van der Waals surface area contributed by atoms with Crippen LogP contribution in [0, 0.1) is 21.4 Å². The fourth-order valence-electron chi connectivity index (χ4n) is 2.49. The van der Waals surface area contributed by atoms with Gasteiger partial charge in [-0.2, -0.15) is 18.4 Å². The summed E-state index contributed by atoms with van der Waals surface area (Å²) in [5.74, 6) is -1.71. The molecule has 0 radical (unpaired) electrons. The number of esters is 2. The van der Waals surface area contributed by atoms with E-state index in [1.54, 1.807) is 13.0 Å². The SMILES string of the molecule is CCOC(=O)c1sc(N)c(C#N)c1COC(=O)CNc1ccc(C(F)(F)F)cc1[N+](=O)[O-]. The third kappa shape index (κ3) is 5.64. The van der Waals surface area contributed by atoms with E-state index in [1.807, 2.05) is 0 Å². The van der Waals surface area contributed by atoms with Crippen molar-refractivity contribution in [1.29, 1.82) is 5.26 Å². The van der Waals surface area contributed by atoms with Crippen LogP contribution in [0.15, 0.2) is 18.2 Å². The van der Waals surface area contributed by atoms with Crippen molar-refractivity contribution >= 4 is 39.7 Å². The molecule has 0 spiro atoms. The highest BCUT2D eigenvalue weighted by Crippen LogP contribution is 2.35. The number of halogens is 3. The van der Waals surface area contributed by atoms with Gasteiger partial charge in [0.1, 0.15) is 34.8 Å². The number of ether oxygens (including phenoxy) is 2. The maximum atomic E-state index is 12.8. The monoisotopic (exact) mass is 472 g/mol. The van der Waals surface area contributed by atoms with Crippen LogP contribution in [0.5, 0.6) is 0 Å². The standard InChI is InChI=1S/C18H15F3N4O6S/c1-2-30-17(27)15-11(10(6-22)16(23)32-15)8-31-14(26)7-24-12-4-3-9(18(19,20)21)5-13(12)25(28)29/h3-5,24H,2,7-8,23H2,1H3. The fraction of sp³-hybridized carbons (Fsp3) is 0.278. The molecule has 3 N–H and O–H groups in total. The molecular weight excluding hydrogens is 457 g/mol. The molecule has 0 atom stereocenters. The maximum Gasteiger partial charge on any atom is 0.416 e. The van der Waals surface area contributed by atoms with E-state index in [0.29, 0.717) is 12.1 Å². The summed E-state index contributed by atoms with van der Waals surface area (Å²) in [6.45, 7) is 0.488. The minimum absolute atomic E-state index is 0.0139. The van der Waals surface area contributed by atoms with Crippen molar-refractivity contribution in [1.82, 2.24) is 0 Å². The van der Waals surface area contributed by atoms with Gasteiger partial charge in [0.15, 0.2) is 0 Å². The van der Waals surface area contributed by atoms with E-state index in [2.05, 4.69) is 5.32 Å². The lowest BCUT2D eigenvalue weighted by Crippen LogP contribution is -2.18. The molecule has 32 heavy (non-hydrogen) atoms. The molecule has 0 aliphatic heterocycles. The molecule has 10 nitrogen and oxygen atoms in total. The first-order chi connectivity index (χ1) is 15.0. The first kappa shape index (κ1) is 24.4. The highest BCUT2D eigenvalue weighted by molar-refractivity contribution is 7.18. The number of nitro benzene ring substituents is 1. The van der Waals surface area contributed by atoms with Gasteiger partial charge in [0.25, 0.3) is 5.69 Å². The highest BCUT2D eigenvalue weighted by Gasteiger charge is 2.33. The Balaban J connectivity index is 2.12. The predicted molar refractivity (Wildman–Crippen MR) is 106 cm³/mol. The molecule has 1 heterocycles. The average molecular weight is 472 g/mol. The molecule has 0 saturated carbocycles. The Morgan fingerprint density at radius 2 is 2.03 bits per heavy atom. The third-order valence-electron chi connectivity index (χ3n) is 3.93. The highest BCUT2D eigenvalue weighted by atomic mass is 32.1. The summed E-state index contributed by atoms with van der Waals surface area (Å²) >= 11 is 0.791. The van der Waals surface area contributed by atoms with Crippen molar-refractivity contribution in [2.75, 3.05) is 24.2 Å². The molecule has 0 fully saturated rings. The predicted octanol–water partition coefficient (Wildman–Crippen LogP) is 3.46. The number of nitrogens with one attached hydrogen (secondary N) is 1. The van der Waals surface area contributed by atoms with Crippen molar-refractivity contribution in [3.8, 4) is 6.07 Å². The Bertz CT molecular complexity index is 1090. The number of nitro groups is 1. The Hall–Kier alpha value is -3.86. The van der Waals surface area contributed by atoms with Gasteiger partial charge in [-0.15, -0.1) is 11.3 Å². The second-order valence-corrected chi connectivity index (χ2v) is 7.03. The topological polar surface area (TPSA) is 158 Å². The summed E-state index contributed by atoms with van der Waals surface area (Å²) < 4.78 is 48.1. The number of hydrogen-bond donors (Lipinski definition) is 2. The van der Waals surface area contributed by atoms with Crippen LogP contribution in [0.4, 0.5) is 29.5 Å². The van der Waals surface area contributed by atoms with E-state index in [1.165, 1.54) is 0 Å². The van der Waals surface area contributed by atoms with Crippen molar-refractivity contribution in [3.63, 3.8) is 0 Å². The smallest absolute Gasteiger partial charge is 0.416 e. The van der Waals surface area contributed by atoms with E-state index < -0.39 is 47.4 Å². The van der Waals surface area contributed by atoms with Crippen LogP contribution < -0.4 is 11.1 Å². The summed E-state index contributed by atoms with van der Waals surface area (Å²) in [7, 11) is 0. The number of carbonyl (C=O) groups excluding carboxylic acids is 2. The Labute approximate surface area is 182 Å². The summed E-state index contributed by atoms with van der Waals surface area (Å²) in [6, 6.07) is 3.59. The van der Waals surface area contributed by atoms with E-state index >= 15 is 0 Å². The van der Waals surface area contributed by atoms with Crippen molar-refractivity contribution < 1.29 is 37.2 Å². The van der Waals surface area contributed by atoms with E-state index in [4.69, 9.17) is 15.2 Å². The molecular formula is C18H15F3N4O6S. The van der Waals surface area contributed by atoms with Gasteiger partial charge in [0.05, 0.1) is 22.7 Å². The molecule has 170 valence electrons. The van der Waals surface area contributed by atoms with Crippen LogP contribution >= 0.6 is 11.3 Å². The van der Waals surface area contributed by atoms with Crippen molar-refractivity contribution in [3.05, 3.63) is 49.9 Å². The molecule has 2 rings (SSSR count). The molecule has 0 aliphatic rings. The Morgan fingerprint density at radius 3 is 2.59 bits per heavy atom. The molecule has 1 aromatic heterocycles. The minimum Gasteiger partial charge on any atom is -0.462 e. The number of nitrogens with zero attached hydrogens (tertiary/aromatic N) is 2. The molecule has 0 bridgehead atoms. The van der Waals surface area contributed by atoms with E-state index in [9.17, 15) is 38.1 Å². The number of nitrogen functional groups attached to an aromatic ring is 1. The fourth-order valence-corrected chi connectivity index (χ4v) is 3.40. The zero-order chi connectivity index (χ0) is 24.1. The number of nitriles is 1. The minimum atomic E-state index is -4.78. The summed E-state index contributed by atoms with van der Waals surface area (Å²) in [4.78, 5) is 34.1. The van der Waals surface area contributed by atoms with Gasteiger partial charge in [-0.1, -0.05) is 0 Å². The number of nitrogens with two attached hydrogens (primary N) is 1. The second kappa shape index (κ2) is 9.96. The molecule has 2 aromatic rings. The van der Waals surface area contributed by atoms with Crippen LogP contribution in [-0.2, 0) is 27.1 Å². The van der Waals surface area contributed by atoms with Crippen LogP contribution in [0.2, 0.25) is 0 Å². The van der Waals surface area contributed by atoms with E-state index in [0.717, 1.165) is 17.4 Å². The van der Waals surface area contributed by atoms with Crippen LogP contribution in [0.25, 0.3) is 0 Å². The van der Waals surface area contributed by atoms with Crippen molar-refractivity contribution in [2.45, 2.75) is 19.7 Å². The Kier molecular flexibility index (Phi) is 7.60. The number of alkyl halides is 3. The number of carbonyl (C=O) groups is 2. The van der Waals surface area contributed by atoms with Gasteiger partial charge in [-0.25, -0.2) is 4.79 Å². The molecule has 1 aromatic carbocycles. The zero-order valence-electron chi connectivity index (χ0n) is 16.3. The molecule has 0 amide bonds. The quantitative estimate of drug-likeness (QED) is 0.333. The van der Waals surface area contributed by atoms with Gasteiger partial charge in [-0.05, 0) is 19.1 Å². The molecule has 0 aliphatic carbocycles. The van der Waals surface area contributed by atoms with E-state index in [-0.39, 0.29) is 33.3 Å². The normalized spacial score (nSPS) is 10.8.